The Bertz CT molecular complexity index is 550. The summed E-state index contributed by atoms with van der Waals surface area (Å²) >= 11 is 0. The Morgan fingerprint density at radius 2 is 2.28 bits per heavy atom. The third kappa shape index (κ3) is 3.06. The van der Waals surface area contributed by atoms with Crippen molar-refractivity contribution < 1.29 is 9.18 Å². The molecule has 0 aromatic carbocycles. The van der Waals surface area contributed by atoms with E-state index in [1.54, 1.807) is 16.7 Å². The minimum atomic E-state index is -0.321. The Kier molecular flexibility index (Phi) is 3.92. The van der Waals surface area contributed by atoms with Crippen LogP contribution in [0.1, 0.15) is 25.5 Å². The van der Waals surface area contributed by atoms with Crippen LogP contribution in [0, 0.1) is 5.82 Å². The van der Waals surface area contributed by atoms with Gasteiger partial charge in [0.25, 0.3) is 0 Å². The summed E-state index contributed by atoms with van der Waals surface area (Å²) in [5.74, 6) is -0.369. The lowest BCUT2D eigenvalue weighted by Crippen LogP contribution is -2.26. The van der Waals surface area contributed by atoms with Gasteiger partial charge in [0, 0.05) is 18.9 Å². The smallest absolute Gasteiger partial charge is 0.226 e. The fourth-order valence-electron chi connectivity index (χ4n) is 1.73. The van der Waals surface area contributed by atoms with Gasteiger partial charge in [-0.15, -0.1) is 0 Å². The number of aromatic nitrogens is 2. The van der Waals surface area contributed by atoms with Crippen molar-refractivity contribution in [3.63, 3.8) is 0 Å². The van der Waals surface area contributed by atoms with E-state index in [0.717, 1.165) is 12.8 Å². The lowest BCUT2D eigenvalue weighted by Gasteiger charge is -2.01. The Morgan fingerprint density at radius 3 is 3.06 bits per heavy atom. The number of hydrogen-bond acceptors (Lipinski definition) is 2. The third-order valence-electron chi connectivity index (χ3n) is 2.66. The average molecular weight is 249 g/mol. The molecule has 1 amide bonds. The predicted molar refractivity (Wildman–Crippen MR) is 66.8 cm³/mol. The van der Waals surface area contributed by atoms with Crippen LogP contribution in [0.2, 0.25) is 0 Å². The topological polar surface area (TPSA) is 46.4 Å². The number of nitrogens with zero attached hydrogens (tertiary/aromatic N) is 2. The molecule has 18 heavy (non-hydrogen) atoms. The molecule has 0 spiro atoms. The highest BCUT2D eigenvalue weighted by atomic mass is 19.1. The molecular weight excluding hydrogens is 233 g/mol. The molecule has 0 saturated carbocycles. The molecule has 0 aliphatic heterocycles. The Hall–Kier alpha value is -1.91. The van der Waals surface area contributed by atoms with Gasteiger partial charge in [-0.3, -0.25) is 4.79 Å². The summed E-state index contributed by atoms with van der Waals surface area (Å²) in [7, 11) is 0. The van der Waals surface area contributed by atoms with Crippen LogP contribution in [0.25, 0.3) is 5.65 Å². The number of fused-ring (bicyclic) bond motifs is 1. The van der Waals surface area contributed by atoms with Crippen LogP contribution in [-0.4, -0.2) is 21.8 Å². The summed E-state index contributed by atoms with van der Waals surface area (Å²) in [5.41, 5.74) is 1.29. The van der Waals surface area contributed by atoms with Crippen LogP contribution < -0.4 is 5.32 Å². The first-order valence-electron chi connectivity index (χ1n) is 6.09. The van der Waals surface area contributed by atoms with Crippen molar-refractivity contribution in [2.75, 3.05) is 6.54 Å². The quantitative estimate of drug-likeness (QED) is 0.823. The summed E-state index contributed by atoms with van der Waals surface area (Å²) in [5, 5.41) is 2.83. The minimum Gasteiger partial charge on any atom is -0.356 e. The van der Waals surface area contributed by atoms with Gasteiger partial charge >= 0.3 is 0 Å². The van der Waals surface area contributed by atoms with Gasteiger partial charge in [-0.05, 0) is 18.6 Å². The van der Waals surface area contributed by atoms with E-state index in [2.05, 4.69) is 17.2 Å². The van der Waals surface area contributed by atoms with E-state index < -0.39 is 0 Å². The summed E-state index contributed by atoms with van der Waals surface area (Å²) < 4.78 is 14.6. The fourth-order valence-corrected chi connectivity index (χ4v) is 1.73. The monoisotopic (exact) mass is 249 g/mol. The number of halogens is 1. The van der Waals surface area contributed by atoms with Gasteiger partial charge < -0.3 is 9.72 Å². The molecule has 96 valence electrons. The Labute approximate surface area is 105 Å². The van der Waals surface area contributed by atoms with Crippen LogP contribution in [0.5, 0.6) is 0 Å². The van der Waals surface area contributed by atoms with Gasteiger partial charge in [0.2, 0.25) is 5.91 Å². The zero-order valence-corrected chi connectivity index (χ0v) is 10.3. The number of rotatable bonds is 5. The zero-order chi connectivity index (χ0) is 13.0. The molecular formula is C13H16FN3O. The standard InChI is InChI=1S/C13H16FN3O/c1-2-3-6-15-13(18)7-11-9-17-8-10(14)4-5-12(17)16-11/h4-5,8-9H,2-3,6-7H2,1H3,(H,15,18). The maximum absolute atomic E-state index is 13.0. The first-order valence-corrected chi connectivity index (χ1v) is 6.09. The van der Waals surface area contributed by atoms with E-state index in [4.69, 9.17) is 0 Å². The van der Waals surface area contributed by atoms with Crippen LogP contribution in [0.3, 0.4) is 0 Å². The SMILES string of the molecule is CCCCNC(=O)Cc1cn2cc(F)ccc2n1. The molecule has 0 saturated heterocycles. The molecule has 2 heterocycles. The van der Waals surface area contributed by atoms with E-state index in [0.29, 0.717) is 17.9 Å². The van der Waals surface area contributed by atoms with Crippen molar-refractivity contribution in [2.24, 2.45) is 0 Å². The van der Waals surface area contributed by atoms with Gasteiger partial charge in [0.1, 0.15) is 11.5 Å². The van der Waals surface area contributed by atoms with E-state index in [1.165, 1.54) is 12.3 Å². The molecule has 5 heteroatoms. The zero-order valence-electron chi connectivity index (χ0n) is 10.3. The molecule has 2 aromatic heterocycles. The molecule has 2 rings (SSSR count). The summed E-state index contributed by atoms with van der Waals surface area (Å²) in [4.78, 5) is 15.9. The predicted octanol–water partition coefficient (Wildman–Crippen LogP) is 1.93. The van der Waals surface area contributed by atoms with Gasteiger partial charge in [0.05, 0.1) is 12.1 Å². The van der Waals surface area contributed by atoms with E-state index in [1.807, 2.05) is 0 Å². The van der Waals surface area contributed by atoms with E-state index >= 15 is 0 Å². The highest BCUT2D eigenvalue weighted by Gasteiger charge is 2.07. The van der Waals surface area contributed by atoms with Crippen LogP contribution >= 0.6 is 0 Å². The molecule has 0 bridgehead atoms. The Morgan fingerprint density at radius 1 is 1.44 bits per heavy atom. The Balaban J connectivity index is 2.01. The number of unbranched alkanes of at least 4 members (excludes halogenated alkanes) is 1. The highest BCUT2D eigenvalue weighted by molar-refractivity contribution is 5.78. The molecule has 0 aliphatic rings. The van der Waals surface area contributed by atoms with Crippen molar-refractivity contribution in [3.8, 4) is 0 Å². The molecule has 2 aromatic rings. The molecule has 0 aliphatic carbocycles. The van der Waals surface area contributed by atoms with Crippen molar-refractivity contribution in [1.29, 1.82) is 0 Å². The summed E-state index contributed by atoms with van der Waals surface area (Å²) in [6.07, 6.45) is 5.28. The van der Waals surface area contributed by atoms with Gasteiger partial charge in [0.15, 0.2) is 0 Å². The molecule has 0 fully saturated rings. The number of nitrogens with one attached hydrogen (secondary N) is 1. The molecule has 1 N–H and O–H groups in total. The lowest BCUT2D eigenvalue weighted by atomic mass is 10.3. The lowest BCUT2D eigenvalue weighted by molar-refractivity contribution is -0.120. The van der Waals surface area contributed by atoms with Crippen LogP contribution in [-0.2, 0) is 11.2 Å². The maximum atomic E-state index is 13.0. The van der Waals surface area contributed by atoms with Crippen molar-refractivity contribution in [1.82, 2.24) is 14.7 Å². The van der Waals surface area contributed by atoms with Crippen molar-refractivity contribution >= 4 is 11.6 Å². The molecule has 0 radical (unpaired) electrons. The number of carbonyl (C=O) groups excluding carboxylic acids is 1. The van der Waals surface area contributed by atoms with Crippen molar-refractivity contribution in [3.05, 3.63) is 36.0 Å². The van der Waals surface area contributed by atoms with Crippen molar-refractivity contribution in [2.45, 2.75) is 26.2 Å². The average Bonchev–Trinajstić information content (AvgIpc) is 2.70. The first kappa shape index (κ1) is 12.5. The largest absolute Gasteiger partial charge is 0.356 e. The number of hydrogen-bond donors (Lipinski definition) is 1. The normalized spacial score (nSPS) is 10.8. The van der Waals surface area contributed by atoms with E-state index in [9.17, 15) is 9.18 Å². The van der Waals surface area contributed by atoms with Gasteiger partial charge in [-0.2, -0.15) is 0 Å². The van der Waals surface area contributed by atoms with Crippen LogP contribution in [0.4, 0.5) is 4.39 Å². The minimum absolute atomic E-state index is 0.0488. The van der Waals surface area contributed by atoms with Crippen LogP contribution in [0.15, 0.2) is 24.5 Å². The van der Waals surface area contributed by atoms with Gasteiger partial charge in [-0.1, -0.05) is 13.3 Å². The molecule has 0 unspecified atom stereocenters. The second kappa shape index (κ2) is 5.62. The highest BCUT2D eigenvalue weighted by Crippen LogP contribution is 2.07. The maximum Gasteiger partial charge on any atom is 0.226 e. The fraction of sp³-hybridized carbons (Fsp3) is 0.385. The second-order valence-electron chi connectivity index (χ2n) is 4.23. The third-order valence-corrected chi connectivity index (χ3v) is 2.66. The second-order valence-corrected chi connectivity index (χ2v) is 4.23. The number of carbonyl (C=O) groups is 1. The molecule has 0 atom stereocenters. The number of amides is 1. The number of pyridine rings is 1. The van der Waals surface area contributed by atoms with E-state index in [-0.39, 0.29) is 18.1 Å². The first-order chi connectivity index (χ1) is 8.69. The van der Waals surface area contributed by atoms with Gasteiger partial charge in [-0.25, -0.2) is 9.37 Å². The molecule has 4 nitrogen and oxygen atoms in total. The summed E-state index contributed by atoms with van der Waals surface area (Å²) in [6.45, 7) is 2.76. The number of imidazole rings is 1. The summed E-state index contributed by atoms with van der Waals surface area (Å²) in [6, 6.07) is 2.95.